The van der Waals surface area contributed by atoms with Gasteiger partial charge in [-0.2, -0.15) is 0 Å². The summed E-state index contributed by atoms with van der Waals surface area (Å²) in [6.45, 7) is 8.02. The zero-order chi connectivity index (χ0) is 19.6. The number of thioether (sulfide) groups is 1. The van der Waals surface area contributed by atoms with Crippen LogP contribution in [-0.2, 0) is 10.2 Å². The van der Waals surface area contributed by atoms with E-state index in [4.69, 9.17) is 0 Å². The molecule has 2 saturated heterocycles. The van der Waals surface area contributed by atoms with Gasteiger partial charge < -0.3 is 15.1 Å². The number of carbonyl (C=O) groups excluding carboxylic acids is 2. The number of hydrogen-bond acceptors (Lipinski definition) is 4. The first-order valence-electron chi connectivity index (χ1n) is 9.76. The van der Waals surface area contributed by atoms with E-state index < -0.39 is 0 Å². The molecule has 2 aliphatic rings. The fourth-order valence-electron chi connectivity index (χ4n) is 3.73. The Balaban J connectivity index is 0.00000280. The van der Waals surface area contributed by atoms with Crippen LogP contribution in [0.5, 0.6) is 0 Å². The molecule has 0 bridgehead atoms. The molecule has 0 aliphatic carbocycles. The zero-order valence-electron chi connectivity index (χ0n) is 17.2. The molecular weight excluding hydrogens is 394 g/mol. The number of likely N-dealkylation sites (tertiary alicyclic amines) is 1. The molecule has 2 aliphatic heterocycles. The van der Waals surface area contributed by atoms with E-state index in [0.717, 1.165) is 25.9 Å². The second-order valence-corrected chi connectivity index (χ2v) is 9.51. The molecule has 5 nitrogen and oxygen atoms in total. The molecule has 7 heteroatoms. The monoisotopic (exact) mass is 425 g/mol. The van der Waals surface area contributed by atoms with Crippen LogP contribution in [0.4, 0.5) is 0 Å². The van der Waals surface area contributed by atoms with Gasteiger partial charge in [0.25, 0.3) is 5.91 Å². The summed E-state index contributed by atoms with van der Waals surface area (Å²) in [7, 11) is 1.97. The third-order valence-corrected chi connectivity index (χ3v) is 6.65. The highest BCUT2D eigenvalue weighted by atomic mass is 35.5. The highest BCUT2D eigenvalue weighted by molar-refractivity contribution is 7.99. The number of nitrogens with zero attached hydrogens (tertiary/aromatic N) is 2. The number of carbonyl (C=O) groups is 2. The quantitative estimate of drug-likeness (QED) is 0.808. The molecule has 0 saturated carbocycles. The van der Waals surface area contributed by atoms with Gasteiger partial charge in [-0.3, -0.25) is 9.59 Å². The Morgan fingerprint density at radius 3 is 2.25 bits per heavy atom. The van der Waals surface area contributed by atoms with Gasteiger partial charge in [0.1, 0.15) is 6.04 Å². The van der Waals surface area contributed by atoms with Crippen LogP contribution in [0.3, 0.4) is 0 Å². The Morgan fingerprint density at radius 2 is 1.71 bits per heavy atom. The molecule has 0 radical (unpaired) electrons. The van der Waals surface area contributed by atoms with Crippen LogP contribution >= 0.6 is 24.2 Å². The van der Waals surface area contributed by atoms with Crippen molar-refractivity contribution in [2.24, 2.45) is 0 Å². The molecule has 2 fully saturated rings. The van der Waals surface area contributed by atoms with E-state index in [1.54, 1.807) is 16.7 Å². The van der Waals surface area contributed by atoms with Gasteiger partial charge in [0.2, 0.25) is 5.91 Å². The Bertz CT molecular complexity index is 682. The summed E-state index contributed by atoms with van der Waals surface area (Å²) in [6, 6.07) is 7.99. The van der Waals surface area contributed by atoms with Crippen molar-refractivity contribution in [3.8, 4) is 0 Å². The maximum Gasteiger partial charge on any atom is 0.255 e. The van der Waals surface area contributed by atoms with Gasteiger partial charge >= 0.3 is 0 Å². The minimum Gasteiger partial charge on any atom is -0.341 e. The molecule has 0 spiro atoms. The second kappa shape index (κ2) is 9.51. The van der Waals surface area contributed by atoms with E-state index in [9.17, 15) is 9.59 Å². The molecule has 156 valence electrons. The molecule has 2 heterocycles. The lowest BCUT2D eigenvalue weighted by Gasteiger charge is -2.35. The van der Waals surface area contributed by atoms with Crippen LogP contribution in [0, 0.1) is 0 Å². The predicted octanol–water partition coefficient (Wildman–Crippen LogP) is 3.13. The van der Waals surface area contributed by atoms with Gasteiger partial charge in [0.05, 0.1) is 5.88 Å². The van der Waals surface area contributed by atoms with Crippen molar-refractivity contribution in [3.63, 3.8) is 0 Å². The zero-order valence-corrected chi connectivity index (χ0v) is 18.9. The summed E-state index contributed by atoms with van der Waals surface area (Å²) in [5.41, 5.74) is 1.93. The number of hydrogen-bond donors (Lipinski definition) is 1. The minimum absolute atomic E-state index is 0. The van der Waals surface area contributed by atoms with Crippen LogP contribution < -0.4 is 5.32 Å². The van der Waals surface area contributed by atoms with Crippen LogP contribution in [0.25, 0.3) is 0 Å². The molecule has 1 aromatic rings. The fourth-order valence-corrected chi connectivity index (χ4v) is 4.87. The molecule has 1 atom stereocenters. The molecule has 2 amide bonds. The summed E-state index contributed by atoms with van der Waals surface area (Å²) in [5.74, 6) is 1.35. The summed E-state index contributed by atoms with van der Waals surface area (Å²) >= 11 is 1.66. The summed E-state index contributed by atoms with van der Waals surface area (Å²) < 4.78 is 0. The number of rotatable bonds is 3. The summed E-state index contributed by atoms with van der Waals surface area (Å²) in [6.07, 6.45) is 1.95. The van der Waals surface area contributed by atoms with E-state index in [2.05, 4.69) is 26.1 Å². The normalized spacial score (nSPS) is 20.8. The molecule has 3 rings (SSSR count). The first-order chi connectivity index (χ1) is 12.8. The largest absolute Gasteiger partial charge is 0.341 e. The fraction of sp³-hybridized carbons (Fsp3) is 0.619. The molecule has 0 aromatic heterocycles. The Hall–Kier alpha value is -1.24. The topological polar surface area (TPSA) is 52.7 Å². The van der Waals surface area contributed by atoms with Gasteiger partial charge in [-0.05, 0) is 43.0 Å². The van der Waals surface area contributed by atoms with E-state index in [-0.39, 0.29) is 35.7 Å². The third kappa shape index (κ3) is 5.02. The number of halogens is 1. The van der Waals surface area contributed by atoms with E-state index >= 15 is 0 Å². The van der Waals surface area contributed by atoms with Crippen LogP contribution in [-0.4, -0.2) is 65.5 Å². The molecule has 1 N–H and O–H groups in total. The second-order valence-electron chi connectivity index (χ2n) is 8.51. The third-order valence-electron chi connectivity index (χ3n) is 5.64. The Kier molecular flexibility index (Phi) is 7.82. The van der Waals surface area contributed by atoms with E-state index in [1.807, 2.05) is 36.2 Å². The smallest absolute Gasteiger partial charge is 0.255 e. The van der Waals surface area contributed by atoms with Crippen molar-refractivity contribution < 1.29 is 9.59 Å². The van der Waals surface area contributed by atoms with Crippen LogP contribution in [0.2, 0.25) is 0 Å². The molecule has 1 unspecified atom stereocenters. The van der Waals surface area contributed by atoms with Gasteiger partial charge in [0, 0.05) is 30.4 Å². The van der Waals surface area contributed by atoms with Crippen molar-refractivity contribution >= 4 is 36.0 Å². The first kappa shape index (κ1) is 23.0. The van der Waals surface area contributed by atoms with Gasteiger partial charge in [-0.15, -0.1) is 24.2 Å². The lowest BCUT2D eigenvalue weighted by Crippen LogP contribution is -2.52. The lowest BCUT2D eigenvalue weighted by atomic mass is 9.86. The average Bonchev–Trinajstić information content (AvgIpc) is 3.16. The highest BCUT2D eigenvalue weighted by Crippen LogP contribution is 2.27. The number of benzene rings is 1. The molecule has 1 aromatic carbocycles. The lowest BCUT2D eigenvalue weighted by molar-refractivity contribution is -0.136. The van der Waals surface area contributed by atoms with Crippen molar-refractivity contribution in [1.29, 1.82) is 0 Å². The van der Waals surface area contributed by atoms with Gasteiger partial charge in [0.15, 0.2) is 0 Å². The standard InChI is InChI=1S/C21H31N3O2S.ClH/c1-21(2,3)16-7-5-15(6-8-16)19(25)24-14-27-13-18(24)20(26)23-11-9-17(22-4)10-12-23;/h5-8,17-18,22H,9-14H2,1-4H3;1H. The number of nitrogens with one attached hydrogen (secondary N) is 1. The van der Waals surface area contributed by atoms with Crippen molar-refractivity contribution in [2.75, 3.05) is 31.8 Å². The maximum absolute atomic E-state index is 13.0. The number of amides is 2. The molecular formula is C21H32ClN3O2S. The van der Waals surface area contributed by atoms with E-state index in [1.165, 1.54) is 5.56 Å². The summed E-state index contributed by atoms with van der Waals surface area (Å²) in [5, 5.41) is 3.29. The number of piperidine rings is 1. The SMILES string of the molecule is CNC1CCN(C(=O)C2CSCN2C(=O)c2ccc(C(C)(C)C)cc2)CC1.Cl. The molecule has 28 heavy (non-hydrogen) atoms. The predicted molar refractivity (Wildman–Crippen MR) is 118 cm³/mol. The minimum atomic E-state index is -0.337. The first-order valence-corrected chi connectivity index (χ1v) is 10.9. The van der Waals surface area contributed by atoms with Crippen molar-refractivity contribution in [2.45, 2.75) is 51.1 Å². The maximum atomic E-state index is 13.0. The van der Waals surface area contributed by atoms with Crippen LogP contribution in [0.1, 0.15) is 49.5 Å². The van der Waals surface area contributed by atoms with Gasteiger partial charge in [-0.1, -0.05) is 32.9 Å². The Labute approximate surface area is 179 Å². The average molecular weight is 426 g/mol. The summed E-state index contributed by atoms with van der Waals surface area (Å²) in [4.78, 5) is 29.8. The van der Waals surface area contributed by atoms with Crippen molar-refractivity contribution in [1.82, 2.24) is 15.1 Å². The van der Waals surface area contributed by atoms with Crippen molar-refractivity contribution in [3.05, 3.63) is 35.4 Å². The Morgan fingerprint density at radius 1 is 1.11 bits per heavy atom. The van der Waals surface area contributed by atoms with E-state index in [0.29, 0.717) is 23.2 Å². The highest BCUT2D eigenvalue weighted by Gasteiger charge is 2.38. The van der Waals surface area contributed by atoms with Crippen LogP contribution in [0.15, 0.2) is 24.3 Å². The van der Waals surface area contributed by atoms with Gasteiger partial charge in [-0.25, -0.2) is 0 Å².